The summed E-state index contributed by atoms with van der Waals surface area (Å²) >= 11 is 0. The van der Waals surface area contributed by atoms with E-state index in [1.54, 1.807) is 48.5 Å². The molecule has 2 aromatic rings. The summed E-state index contributed by atoms with van der Waals surface area (Å²) < 4.78 is 0. The highest BCUT2D eigenvalue weighted by atomic mass is 17.5. The van der Waals surface area contributed by atoms with Gasteiger partial charge in [-0.1, -0.05) is 0 Å². The van der Waals surface area contributed by atoms with Crippen molar-refractivity contribution in [3.8, 4) is 11.5 Å². The van der Waals surface area contributed by atoms with E-state index >= 15 is 0 Å². The van der Waals surface area contributed by atoms with Gasteiger partial charge in [0.05, 0.1) is 0 Å². The Morgan fingerprint density at radius 3 is 1.29 bits per heavy atom. The lowest BCUT2D eigenvalue weighted by Crippen LogP contribution is -2.02. The molecule has 2 rings (SSSR count). The van der Waals surface area contributed by atoms with Crippen LogP contribution in [0, 0.1) is 0 Å². The van der Waals surface area contributed by atoms with Crippen LogP contribution in [-0.4, -0.2) is 0 Å². The maximum atomic E-state index is 5.52. The number of nitrogens with two attached hydrogens (primary N) is 2. The van der Waals surface area contributed by atoms with Gasteiger partial charge in [-0.15, -0.1) is 0 Å². The van der Waals surface area contributed by atoms with E-state index in [4.69, 9.17) is 21.2 Å². The van der Waals surface area contributed by atoms with Crippen molar-refractivity contribution in [2.24, 2.45) is 0 Å². The van der Waals surface area contributed by atoms with Gasteiger partial charge in [-0.3, -0.25) is 9.78 Å². The summed E-state index contributed by atoms with van der Waals surface area (Å²) in [6.07, 6.45) is 0. The second-order valence-corrected chi connectivity index (χ2v) is 3.37. The first-order valence-corrected chi connectivity index (χ1v) is 4.96. The Morgan fingerprint density at radius 2 is 0.941 bits per heavy atom. The highest BCUT2D eigenvalue weighted by molar-refractivity contribution is 5.42. The van der Waals surface area contributed by atoms with Gasteiger partial charge >= 0.3 is 0 Å². The Hall–Kier alpha value is -2.40. The predicted octanol–water partition coefficient (Wildman–Crippen LogP) is 2.16. The van der Waals surface area contributed by atoms with E-state index in [-0.39, 0.29) is 0 Å². The van der Waals surface area contributed by atoms with E-state index in [0.29, 0.717) is 22.9 Å². The second kappa shape index (κ2) is 5.09. The van der Waals surface area contributed by atoms with Crippen LogP contribution in [0.4, 0.5) is 11.4 Å². The molecule has 0 amide bonds. The van der Waals surface area contributed by atoms with Crippen LogP contribution >= 0.6 is 0 Å². The molecule has 17 heavy (non-hydrogen) atoms. The Balaban J connectivity index is 1.83. The first-order valence-electron chi connectivity index (χ1n) is 4.96. The van der Waals surface area contributed by atoms with Crippen LogP contribution in [0.25, 0.3) is 0 Å². The zero-order valence-electron chi connectivity index (χ0n) is 9.00. The third-order valence-electron chi connectivity index (χ3n) is 2.02. The van der Waals surface area contributed by atoms with Crippen LogP contribution in [0.2, 0.25) is 0 Å². The largest absolute Gasteiger partial charge is 0.399 e. The maximum absolute atomic E-state index is 5.52. The topological polar surface area (TPSA) is 79.7 Å². The van der Waals surface area contributed by atoms with Crippen LogP contribution < -0.4 is 21.2 Å². The molecule has 0 aliphatic rings. The second-order valence-electron chi connectivity index (χ2n) is 3.37. The number of hydrogen-bond acceptors (Lipinski definition) is 5. The van der Waals surface area contributed by atoms with Crippen LogP contribution in [0.1, 0.15) is 0 Å². The van der Waals surface area contributed by atoms with Crippen molar-refractivity contribution in [3.05, 3.63) is 48.5 Å². The van der Waals surface area contributed by atoms with E-state index < -0.39 is 0 Å². The van der Waals surface area contributed by atoms with Crippen molar-refractivity contribution in [3.63, 3.8) is 0 Å². The predicted molar refractivity (Wildman–Crippen MR) is 64.0 cm³/mol. The average Bonchev–Trinajstić information content (AvgIpc) is 2.34. The molecule has 4 N–H and O–H groups in total. The number of nitrogen functional groups attached to an aromatic ring is 2. The van der Waals surface area contributed by atoms with E-state index in [1.165, 1.54) is 0 Å². The molecule has 0 saturated heterocycles. The molecule has 0 bridgehead atoms. The molecule has 0 spiro atoms. The fourth-order valence-electron chi connectivity index (χ4n) is 1.14. The van der Waals surface area contributed by atoms with Crippen LogP contribution in [0.3, 0.4) is 0 Å². The molecular formula is C12H12N2O3. The first kappa shape index (κ1) is 11.1. The summed E-state index contributed by atoms with van der Waals surface area (Å²) in [4.78, 5) is 9.77. The molecule has 0 heterocycles. The molecule has 0 atom stereocenters. The standard InChI is InChI=1S/C12H12N2O3/c13-9-1-5-11(6-2-9)15-17-16-12-7-3-10(14)4-8-12/h1-8H,13-14H2. The highest BCUT2D eigenvalue weighted by Gasteiger charge is 1.97. The first-order chi connectivity index (χ1) is 8.24. The lowest BCUT2D eigenvalue weighted by atomic mass is 10.3. The molecular weight excluding hydrogens is 220 g/mol. The molecule has 0 aromatic heterocycles. The molecule has 0 radical (unpaired) electrons. The van der Waals surface area contributed by atoms with Crippen molar-refractivity contribution in [1.29, 1.82) is 0 Å². The summed E-state index contributed by atoms with van der Waals surface area (Å²) in [6, 6.07) is 13.5. The van der Waals surface area contributed by atoms with Gasteiger partial charge in [0.15, 0.2) is 11.5 Å². The molecule has 88 valence electrons. The van der Waals surface area contributed by atoms with Gasteiger partial charge in [0.25, 0.3) is 0 Å². The normalized spacial score (nSPS) is 9.88. The van der Waals surface area contributed by atoms with Gasteiger partial charge in [0, 0.05) is 16.4 Å². The monoisotopic (exact) mass is 232 g/mol. The minimum atomic E-state index is 0.495. The van der Waals surface area contributed by atoms with Crippen molar-refractivity contribution < 1.29 is 14.8 Å². The molecule has 2 aromatic carbocycles. The van der Waals surface area contributed by atoms with Gasteiger partial charge in [-0.2, -0.15) is 0 Å². The minimum absolute atomic E-state index is 0.495. The van der Waals surface area contributed by atoms with E-state index in [1.807, 2.05) is 0 Å². The minimum Gasteiger partial charge on any atom is -0.399 e. The summed E-state index contributed by atoms with van der Waals surface area (Å²) in [5, 5.41) is 4.60. The molecule has 0 saturated carbocycles. The Labute approximate surface area is 98.4 Å². The molecule has 0 unspecified atom stereocenters. The average molecular weight is 232 g/mol. The fraction of sp³-hybridized carbons (Fsp3) is 0. The van der Waals surface area contributed by atoms with Gasteiger partial charge in [0.2, 0.25) is 0 Å². The maximum Gasteiger partial charge on any atom is 0.169 e. The summed E-state index contributed by atoms with van der Waals surface area (Å²) in [6.45, 7) is 0. The Morgan fingerprint density at radius 1 is 0.588 bits per heavy atom. The van der Waals surface area contributed by atoms with E-state index in [9.17, 15) is 0 Å². The van der Waals surface area contributed by atoms with Gasteiger partial charge < -0.3 is 11.5 Å². The smallest absolute Gasteiger partial charge is 0.169 e. The number of benzene rings is 2. The number of hydrogen-bond donors (Lipinski definition) is 2. The van der Waals surface area contributed by atoms with Crippen molar-refractivity contribution in [2.75, 3.05) is 11.5 Å². The van der Waals surface area contributed by atoms with Gasteiger partial charge in [0.1, 0.15) is 0 Å². The molecule has 0 fully saturated rings. The highest BCUT2D eigenvalue weighted by Crippen LogP contribution is 2.16. The third kappa shape index (κ3) is 3.29. The molecule has 0 aliphatic carbocycles. The van der Waals surface area contributed by atoms with Crippen molar-refractivity contribution >= 4 is 11.4 Å². The lowest BCUT2D eigenvalue weighted by molar-refractivity contribution is -0.411. The number of anilines is 2. The van der Waals surface area contributed by atoms with Crippen molar-refractivity contribution in [2.45, 2.75) is 0 Å². The SMILES string of the molecule is Nc1ccc(OOOc2ccc(N)cc2)cc1. The molecule has 5 nitrogen and oxygen atoms in total. The third-order valence-corrected chi connectivity index (χ3v) is 2.02. The Kier molecular flexibility index (Phi) is 3.32. The van der Waals surface area contributed by atoms with Crippen LogP contribution in [0.5, 0.6) is 11.5 Å². The number of rotatable bonds is 4. The zero-order chi connectivity index (χ0) is 12.1. The quantitative estimate of drug-likeness (QED) is 0.479. The van der Waals surface area contributed by atoms with Crippen LogP contribution in [0.15, 0.2) is 48.5 Å². The summed E-state index contributed by atoms with van der Waals surface area (Å²) in [7, 11) is 0. The van der Waals surface area contributed by atoms with Gasteiger partial charge in [-0.25, -0.2) is 0 Å². The molecule has 5 heteroatoms. The van der Waals surface area contributed by atoms with Gasteiger partial charge in [-0.05, 0) is 48.5 Å². The summed E-state index contributed by atoms with van der Waals surface area (Å²) in [5.41, 5.74) is 12.3. The zero-order valence-corrected chi connectivity index (χ0v) is 9.00. The van der Waals surface area contributed by atoms with Crippen LogP contribution in [-0.2, 0) is 5.04 Å². The fourth-order valence-corrected chi connectivity index (χ4v) is 1.14. The Bertz CT molecular complexity index is 423. The van der Waals surface area contributed by atoms with E-state index in [2.05, 4.69) is 5.04 Å². The van der Waals surface area contributed by atoms with Crippen molar-refractivity contribution in [1.82, 2.24) is 0 Å². The lowest BCUT2D eigenvalue weighted by Gasteiger charge is -2.04. The summed E-state index contributed by atoms with van der Waals surface area (Å²) in [5.74, 6) is 0.990. The van der Waals surface area contributed by atoms with E-state index in [0.717, 1.165) is 0 Å². The molecule has 0 aliphatic heterocycles.